The van der Waals surface area contributed by atoms with Gasteiger partial charge in [-0.05, 0) is 31.6 Å². The summed E-state index contributed by atoms with van der Waals surface area (Å²) in [5.41, 5.74) is 1.07. The topological polar surface area (TPSA) is 54.9 Å². The lowest BCUT2D eigenvalue weighted by Gasteiger charge is -2.15. The second-order valence-corrected chi connectivity index (χ2v) is 7.41. The number of nitrogens with one attached hydrogen (secondary N) is 2. The van der Waals surface area contributed by atoms with E-state index in [0.717, 1.165) is 42.5 Å². The van der Waals surface area contributed by atoms with Crippen molar-refractivity contribution >= 4 is 17.7 Å². The highest BCUT2D eigenvalue weighted by molar-refractivity contribution is 8.00. The lowest BCUT2D eigenvalue weighted by atomic mass is 10.2. The van der Waals surface area contributed by atoms with E-state index in [1.54, 1.807) is 0 Å². The first-order chi connectivity index (χ1) is 11.9. The Morgan fingerprint density at radius 1 is 1.25 bits per heavy atom. The van der Waals surface area contributed by atoms with Gasteiger partial charge in [0.15, 0.2) is 17.5 Å². The molecule has 2 heterocycles. The van der Waals surface area contributed by atoms with Crippen LogP contribution in [-0.4, -0.2) is 43.3 Å². The summed E-state index contributed by atoms with van der Waals surface area (Å²) >= 11 is 2.06. The van der Waals surface area contributed by atoms with Crippen molar-refractivity contribution in [2.24, 2.45) is 4.99 Å². The Balaban J connectivity index is 1.64. The van der Waals surface area contributed by atoms with Gasteiger partial charge in [-0.2, -0.15) is 11.8 Å². The van der Waals surface area contributed by atoms with E-state index in [2.05, 4.69) is 35.4 Å². The molecule has 0 amide bonds. The second kappa shape index (κ2) is 9.06. The highest BCUT2D eigenvalue weighted by Gasteiger charge is 2.16. The summed E-state index contributed by atoms with van der Waals surface area (Å²) in [5, 5.41) is 7.51. The molecule has 3 rings (SSSR count). The fraction of sp³-hybridized carbons (Fsp3) is 0.611. The van der Waals surface area contributed by atoms with Crippen molar-refractivity contribution in [2.75, 3.05) is 32.1 Å². The Kier molecular flexibility index (Phi) is 6.52. The fourth-order valence-electron chi connectivity index (χ4n) is 2.90. The SMILES string of the molecule is CCNC(=NCc1cccc2c1OCCCO2)NCC1CCCS1. The number of benzene rings is 1. The number of hydrogen-bond acceptors (Lipinski definition) is 4. The van der Waals surface area contributed by atoms with Crippen molar-refractivity contribution in [3.63, 3.8) is 0 Å². The van der Waals surface area contributed by atoms with Crippen LogP contribution in [0.1, 0.15) is 31.7 Å². The number of nitrogens with zero attached hydrogens (tertiary/aromatic N) is 1. The first-order valence-electron chi connectivity index (χ1n) is 8.88. The average Bonchev–Trinajstić information content (AvgIpc) is 3.00. The zero-order valence-electron chi connectivity index (χ0n) is 14.3. The monoisotopic (exact) mass is 349 g/mol. The highest BCUT2D eigenvalue weighted by Crippen LogP contribution is 2.33. The molecule has 0 spiro atoms. The molecule has 1 saturated heterocycles. The highest BCUT2D eigenvalue weighted by atomic mass is 32.2. The molecule has 132 valence electrons. The number of fused-ring (bicyclic) bond motifs is 1. The third-order valence-corrected chi connectivity index (χ3v) is 5.52. The molecule has 5 nitrogen and oxygen atoms in total. The van der Waals surface area contributed by atoms with E-state index in [4.69, 9.17) is 14.5 Å². The molecule has 6 heteroatoms. The largest absolute Gasteiger partial charge is 0.490 e. The minimum absolute atomic E-state index is 0.583. The Labute approximate surface area is 148 Å². The van der Waals surface area contributed by atoms with Crippen LogP contribution in [-0.2, 0) is 6.54 Å². The Hall–Kier alpha value is -1.56. The molecule has 1 atom stereocenters. The van der Waals surface area contributed by atoms with E-state index in [0.29, 0.717) is 25.0 Å². The van der Waals surface area contributed by atoms with E-state index in [-0.39, 0.29) is 0 Å². The number of guanidine groups is 1. The quantitative estimate of drug-likeness (QED) is 0.632. The summed E-state index contributed by atoms with van der Waals surface area (Å²) in [6.07, 6.45) is 3.55. The molecule has 1 fully saturated rings. The standard InChI is InChI=1S/C18H27N3O2S/c1-2-19-18(21-13-15-7-4-11-24-15)20-12-14-6-3-8-16-17(14)23-10-5-9-22-16/h3,6,8,15H,2,4-5,7,9-13H2,1H3,(H2,19,20,21). The maximum atomic E-state index is 5.87. The van der Waals surface area contributed by atoms with Crippen LogP contribution >= 0.6 is 11.8 Å². The molecule has 1 aromatic rings. The molecule has 0 bridgehead atoms. The third kappa shape index (κ3) is 4.72. The van der Waals surface area contributed by atoms with Crippen molar-refractivity contribution in [1.29, 1.82) is 0 Å². The van der Waals surface area contributed by atoms with Gasteiger partial charge in [0, 0.05) is 30.3 Å². The lowest BCUT2D eigenvalue weighted by molar-refractivity contribution is 0.296. The summed E-state index contributed by atoms with van der Waals surface area (Å²) < 4.78 is 11.6. The molecular weight excluding hydrogens is 322 g/mol. The van der Waals surface area contributed by atoms with E-state index in [9.17, 15) is 0 Å². The minimum Gasteiger partial charge on any atom is -0.490 e. The van der Waals surface area contributed by atoms with Crippen LogP contribution < -0.4 is 20.1 Å². The van der Waals surface area contributed by atoms with Crippen LogP contribution in [0.4, 0.5) is 0 Å². The summed E-state index contributed by atoms with van der Waals surface area (Å²) in [6.45, 7) is 5.92. The molecule has 2 aliphatic heterocycles. The maximum absolute atomic E-state index is 5.87. The van der Waals surface area contributed by atoms with Crippen LogP contribution in [0.3, 0.4) is 0 Å². The molecular formula is C18H27N3O2S. The van der Waals surface area contributed by atoms with Gasteiger partial charge in [-0.25, -0.2) is 4.99 Å². The minimum atomic E-state index is 0.583. The smallest absolute Gasteiger partial charge is 0.191 e. The summed E-state index contributed by atoms with van der Waals surface area (Å²) in [5.74, 6) is 3.84. The van der Waals surface area contributed by atoms with Crippen LogP contribution in [0, 0.1) is 0 Å². The molecule has 1 unspecified atom stereocenters. The zero-order valence-corrected chi connectivity index (χ0v) is 15.2. The van der Waals surface area contributed by atoms with Gasteiger partial charge >= 0.3 is 0 Å². The van der Waals surface area contributed by atoms with Gasteiger partial charge in [0.25, 0.3) is 0 Å². The molecule has 2 N–H and O–H groups in total. The van der Waals surface area contributed by atoms with Crippen LogP contribution in [0.2, 0.25) is 0 Å². The van der Waals surface area contributed by atoms with Gasteiger partial charge < -0.3 is 20.1 Å². The first kappa shape index (κ1) is 17.3. The molecule has 24 heavy (non-hydrogen) atoms. The normalized spacial score (nSPS) is 20.5. The number of rotatable bonds is 5. The molecule has 0 aromatic heterocycles. The molecule has 2 aliphatic rings. The summed E-state index contributed by atoms with van der Waals surface area (Å²) in [6, 6.07) is 6.04. The van der Waals surface area contributed by atoms with Gasteiger partial charge in [0.2, 0.25) is 0 Å². The van der Waals surface area contributed by atoms with Crippen molar-refractivity contribution in [3.05, 3.63) is 23.8 Å². The average molecular weight is 350 g/mol. The van der Waals surface area contributed by atoms with Crippen molar-refractivity contribution in [2.45, 2.75) is 38.0 Å². The number of aliphatic imine (C=N–C) groups is 1. The van der Waals surface area contributed by atoms with Gasteiger partial charge in [-0.3, -0.25) is 0 Å². The molecule has 1 aromatic carbocycles. The van der Waals surface area contributed by atoms with Gasteiger partial charge in [0.1, 0.15) is 0 Å². The van der Waals surface area contributed by atoms with Crippen molar-refractivity contribution in [3.8, 4) is 11.5 Å². The van der Waals surface area contributed by atoms with Gasteiger partial charge in [-0.15, -0.1) is 0 Å². The van der Waals surface area contributed by atoms with Crippen LogP contribution in [0.25, 0.3) is 0 Å². The maximum Gasteiger partial charge on any atom is 0.191 e. The van der Waals surface area contributed by atoms with Crippen molar-refractivity contribution < 1.29 is 9.47 Å². The predicted molar refractivity (Wildman–Crippen MR) is 100 cm³/mol. The second-order valence-electron chi connectivity index (χ2n) is 6.01. The Morgan fingerprint density at radius 2 is 2.17 bits per heavy atom. The van der Waals surface area contributed by atoms with E-state index >= 15 is 0 Å². The molecule has 0 saturated carbocycles. The van der Waals surface area contributed by atoms with Crippen molar-refractivity contribution in [1.82, 2.24) is 10.6 Å². The Morgan fingerprint density at radius 3 is 3.00 bits per heavy atom. The lowest BCUT2D eigenvalue weighted by Crippen LogP contribution is -2.40. The fourth-order valence-corrected chi connectivity index (χ4v) is 4.10. The number of ether oxygens (including phenoxy) is 2. The van der Waals surface area contributed by atoms with E-state index < -0.39 is 0 Å². The summed E-state index contributed by atoms with van der Waals surface area (Å²) in [4.78, 5) is 4.73. The van der Waals surface area contributed by atoms with E-state index in [1.807, 2.05) is 12.1 Å². The zero-order chi connectivity index (χ0) is 16.6. The molecule has 0 aliphatic carbocycles. The predicted octanol–water partition coefficient (Wildman–Crippen LogP) is 2.80. The van der Waals surface area contributed by atoms with Crippen LogP contribution in [0.15, 0.2) is 23.2 Å². The van der Waals surface area contributed by atoms with Crippen LogP contribution in [0.5, 0.6) is 11.5 Å². The Bertz CT molecular complexity index is 559. The van der Waals surface area contributed by atoms with E-state index in [1.165, 1.54) is 18.6 Å². The summed E-state index contributed by atoms with van der Waals surface area (Å²) in [7, 11) is 0. The van der Waals surface area contributed by atoms with Gasteiger partial charge in [-0.1, -0.05) is 12.1 Å². The van der Waals surface area contributed by atoms with Gasteiger partial charge in [0.05, 0.1) is 19.8 Å². The third-order valence-electron chi connectivity index (χ3n) is 4.13. The molecule has 0 radical (unpaired) electrons. The number of thioether (sulfide) groups is 1. The number of hydrogen-bond donors (Lipinski definition) is 2. The first-order valence-corrected chi connectivity index (χ1v) is 9.93. The number of para-hydroxylation sites is 1.